The van der Waals surface area contributed by atoms with Crippen LogP contribution in [0, 0.1) is 6.92 Å². The number of benzene rings is 2. The molecule has 5 nitrogen and oxygen atoms in total. The molecule has 0 unspecified atom stereocenters. The van der Waals surface area contributed by atoms with Crippen LogP contribution in [0.25, 0.3) is 11.0 Å². The molecule has 1 amide bonds. The van der Waals surface area contributed by atoms with Gasteiger partial charge in [-0.25, -0.2) is 0 Å². The predicted octanol–water partition coefficient (Wildman–Crippen LogP) is 4.17. The molecule has 1 aromatic heterocycles. The maximum atomic E-state index is 12.9. The first-order valence-corrected chi connectivity index (χ1v) is 9.34. The minimum atomic E-state index is -0.0554. The summed E-state index contributed by atoms with van der Waals surface area (Å²) in [6.45, 7) is 4.71. The van der Waals surface area contributed by atoms with Gasteiger partial charge in [-0.1, -0.05) is 15.9 Å². The van der Waals surface area contributed by atoms with Crippen molar-refractivity contribution in [3.05, 3.63) is 58.3 Å². The van der Waals surface area contributed by atoms with Gasteiger partial charge in [0, 0.05) is 47.3 Å². The summed E-state index contributed by atoms with van der Waals surface area (Å²) in [6.07, 6.45) is 0. The van der Waals surface area contributed by atoms with Gasteiger partial charge < -0.3 is 19.3 Å². The van der Waals surface area contributed by atoms with Crippen LogP contribution >= 0.6 is 15.9 Å². The largest absolute Gasteiger partial charge is 0.508 e. The van der Waals surface area contributed by atoms with E-state index in [1.165, 1.54) is 0 Å². The van der Waals surface area contributed by atoms with Gasteiger partial charge in [0.15, 0.2) is 5.76 Å². The van der Waals surface area contributed by atoms with Crippen LogP contribution in [-0.2, 0) is 0 Å². The number of carbonyl (C=O) groups is 1. The summed E-state index contributed by atoms with van der Waals surface area (Å²) >= 11 is 3.46. The number of phenolic OH excluding ortho intramolecular Hbond substituents is 1. The molecule has 0 aliphatic carbocycles. The lowest BCUT2D eigenvalue weighted by Gasteiger charge is -2.35. The summed E-state index contributed by atoms with van der Waals surface area (Å²) in [5.41, 5.74) is 2.67. The van der Waals surface area contributed by atoms with Crippen molar-refractivity contribution < 1.29 is 14.3 Å². The van der Waals surface area contributed by atoms with Crippen molar-refractivity contribution in [2.24, 2.45) is 0 Å². The van der Waals surface area contributed by atoms with Gasteiger partial charge in [-0.3, -0.25) is 4.79 Å². The second-order valence-corrected chi connectivity index (χ2v) is 7.41. The van der Waals surface area contributed by atoms with E-state index in [9.17, 15) is 9.90 Å². The minimum absolute atomic E-state index is 0.0554. The Morgan fingerprint density at radius 3 is 2.46 bits per heavy atom. The molecule has 0 saturated carbocycles. The van der Waals surface area contributed by atoms with Gasteiger partial charge in [-0.2, -0.15) is 0 Å². The lowest BCUT2D eigenvalue weighted by molar-refractivity contribution is 0.0716. The van der Waals surface area contributed by atoms with Gasteiger partial charge in [-0.15, -0.1) is 0 Å². The van der Waals surface area contributed by atoms with Gasteiger partial charge in [0.05, 0.1) is 0 Å². The summed E-state index contributed by atoms with van der Waals surface area (Å²) in [4.78, 5) is 17.0. The second-order valence-electron chi connectivity index (χ2n) is 6.49. The molecule has 0 spiro atoms. The van der Waals surface area contributed by atoms with E-state index in [2.05, 4.69) is 20.8 Å². The van der Waals surface area contributed by atoms with Crippen LogP contribution in [0.3, 0.4) is 0 Å². The third-order valence-corrected chi connectivity index (χ3v) is 5.37. The highest BCUT2D eigenvalue weighted by atomic mass is 79.9. The van der Waals surface area contributed by atoms with Gasteiger partial charge in [-0.05, 0) is 49.4 Å². The number of hydrogen-bond donors (Lipinski definition) is 1. The number of nitrogens with zero attached hydrogens (tertiary/aromatic N) is 2. The standard InChI is InChI=1S/C20H19BrN2O3/c1-13-17-12-14(21)2-7-18(17)26-19(13)20(25)23-10-8-22(9-11-23)15-3-5-16(24)6-4-15/h2-7,12,24H,8-11H2,1H3. The molecule has 6 heteroatoms. The molecular formula is C20H19BrN2O3. The van der Waals surface area contributed by atoms with E-state index >= 15 is 0 Å². The van der Waals surface area contributed by atoms with Crippen LogP contribution in [0.5, 0.6) is 5.75 Å². The smallest absolute Gasteiger partial charge is 0.290 e. The number of hydrogen-bond acceptors (Lipinski definition) is 4. The number of fused-ring (bicyclic) bond motifs is 1. The quantitative estimate of drug-likeness (QED) is 0.683. The molecule has 134 valence electrons. The molecule has 1 fully saturated rings. The molecule has 0 radical (unpaired) electrons. The first kappa shape index (κ1) is 17.0. The average Bonchev–Trinajstić information content (AvgIpc) is 2.98. The minimum Gasteiger partial charge on any atom is -0.508 e. The molecule has 1 aliphatic heterocycles. The highest BCUT2D eigenvalue weighted by molar-refractivity contribution is 9.10. The zero-order valence-electron chi connectivity index (χ0n) is 14.4. The number of aryl methyl sites for hydroxylation is 1. The van der Waals surface area contributed by atoms with E-state index < -0.39 is 0 Å². The van der Waals surface area contributed by atoms with Crippen molar-refractivity contribution in [1.29, 1.82) is 0 Å². The molecule has 4 rings (SSSR count). The lowest BCUT2D eigenvalue weighted by Crippen LogP contribution is -2.48. The Balaban J connectivity index is 1.50. The highest BCUT2D eigenvalue weighted by Crippen LogP contribution is 2.29. The zero-order valence-corrected chi connectivity index (χ0v) is 16.0. The maximum Gasteiger partial charge on any atom is 0.290 e. The van der Waals surface area contributed by atoms with E-state index in [4.69, 9.17) is 4.42 Å². The number of amides is 1. The fourth-order valence-corrected chi connectivity index (χ4v) is 3.73. The van der Waals surface area contributed by atoms with Gasteiger partial charge in [0.25, 0.3) is 5.91 Å². The van der Waals surface area contributed by atoms with Crippen molar-refractivity contribution in [2.45, 2.75) is 6.92 Å². The van der Waals surface area contributed by atoms with Crippen molar-refractivity contribution >= 4 is 38.5 Å². The number of anilines is 1. The number of rotatable bonds is 2. The summed E-state index contributed by atoms with van der Waals surface area (Å²) < 4.78 is 6.81. The molecule has 0 atom stereocenters. The van der Waals surface area contributed by atoms with Crippen LogP contribution in [-0.4, -0.2) is 42.1 Å². The van der Waals surface area contributed by atoms with E-state index in [0.29, 0.717) is 18.8 Å². The SMILES string of the molecule is Cc1c(C(=O)N2CCN(c3ccc(O)cc3)CC2)oc2ccc(Br)cc12. The second kappa shape index (κ2) is 6.68. The van der Waals surface area contributed by atoms with Crippen LogP contribution in [0.4, 0.5) is 5.69 Å². The molecule has 1 aliphatic rings. The fourth-order valence-electron chi connectivity index (χ4n) is 3.37. The Kier molecular flexibility index (Phi) is 4.36. The van der Waals surface area contributed by atoms with Crippen LogP contribution < -0.4 is 4.90 Å². The molecule has 3 aromatic rings. The molecule has 2 aromatic carbocycles. The Labute approximate surface area is 159 Å². The lowest BCUT2D eigenvalue weighted by atomic mass is 10.1. The number of phenols is 1. The van der Waals surface area contributed by atoms with Crippen LogP contribution in [0.2, 0.25) is 0 Å². The Hall–Kier alpha value is -2.47. The first-order valence-electron chi connectivity index (χ1n) is 8.55. The Bertz CT molecular complexity index is 957. The molecule has 26 heavy (non-hydrogen) atoms. The van der Waals surface area contributed by atoms with E-state index in [-0.39, 0.29) is 11.7 Å². The van der Waals surface area contributed by atoms with Gasteiger partial charge >= 0.3 is 0 Å². The Morgan fingerprint density at radius 2 is 1.77 bits per heavy atom. The Morgan fingerprint density at radius 1 is 1.08 bits per heavy atom. The number of halogens is 1. The first-order chi connectivity index (χ1) is 12.5. The number of aromatic hydroxyl groups is 1. The van der Waals surface area contributed by atoms with E-state index in [1.54, 1.807) is 12.1 Å². The van der Waals surface area contributed by atoms with Gasteiger partial charge in [0.1, 0.15) is 11.3 Å². The predicted molar refractivity (Wildman–Crippen MR) is 105 cm³/mol. The summed E-state index contributed by atoms with van der Waals surface area (Å²) in [6, 6.07) is 12.9. The number of carbonyl (C=O) groups excluding carboxylic acids is 1. The average molecular weight is 415 g/mol. The third-order valence-electron chi connectivity index (χ3n) is 4.87. The van der Waals surface area contributed by atoms with Crippen molar-refractivity contribution in [1.82, 2.24) is 4.90 Å². The molecule has 1 N–H and O–H groups in total. The number of furan rings is 1. The van der Waals surface area contributed by atoms with Crippen molar-refractivity contribution in [2.75, 3.05) is 31.1 Å². The third kappa shape index (κ3) is 3.05. The molecular weight excluding hydrogens is 396 g/mol. The van der Waals surface area contributed by atoms with Crippen molar-refractivity contribution in [3.63, 3.8) is 0 Å². The monoisotopic (exact) mass is 414 g/mol. The number of piperazine rings is 1. The fraction of sp³-hybridized carbons (Fsp3) is 0.250. The van der Waals surface area contributed by atoms with Crippen LogP contribution in [0.15, 0.2) is 51.4 Å². The summed E-state index contributed by atoms with van der Waals surface area (Å²) in [5.74, 6) is 0.630. The molecule has 1 saturated heterocycles. The van der Waals surface area contributed by atoms with E-state index in [1.807, 2.05) is 42.2 Å². The zero-order chi connectivity index (χ0) is 18.3. The van der Waals surface area contributed by atoms with E-state index in [0.717, 1.165) is 39.8 Å². The van der Waals surface area contributed by atoms with Gasteiger partial charge in [0.2, 0.25) is 0 Å². The molecule has 0 bridgehead atoms. The van der Waals surface area contributed by atoms with Crippen molar-refractivity contribution in [3.8, 4) is 5.75 Å². The topological polar surface area (TPSA) is 56.9 Å². The van der Waals surface area contributed by atoms with Crippen LogP contribution in [0.1, 0.15) is 16.1 Å². The summed E-state index contributed by atoms with van der Waals surface area (Å²) in [7, 11) is 0. The molecule has 2 heterocycles. The maximum absolute atomic E-state index is 12.9. The normalized spacial score (nSPS) is 14.8. The summed E-state index contributed by atoms with van der Waals surface area (Å²) in [5, 5.41) is 10.4. The highest BCUT2D eigenvalue weighted by Gasteiger charge is 2.26.